The van der Waals surface area contributed by atoms with Gasteiger partial charge in [-0.15, -0.1) is 5.10 Å². The van der Waals surface area contributed by atoms with Crippen LogP contribution in [0.2, 0.25) is 0 Å². The normalized spacial score (nSPS) is 13.6. The topological polar surface area (TPSA) is 103 Å². The Morgan fingerprint density at radius 3 is 2.11 bits per heavy atom. The summed E-state index contributed by atoms with van der Waals surface area (Å²) >= 11 is 0. The third-order valence-electron chi connectivity index (χ3n) is 6.75. The third-order valence-corrected chi connectivity index (χ3v) is 6.75. The molecule has 188 valence electrons. The van der Waals surface area contributed by atoms with E-state index in [0.717, 1.165) is 27.8 Å². The van der Waals surface area contributed by atoms with Crippen LogP contribution in [0.25, 0.3) is 22.3 Å². The number of nitrogens with one attached hydrogen (secondary N) is 1. The summed E-state index contributed by atoms with van der Waals surface area (Å²) in [5.74, 6) is 0.0696. The highest BCUT2D eigenvalue weighted by molar-refractivity contribution is 5.92. The Balaban J connectivity index is 1.35. The van der Waals surface area contributed by atoms with E-state index in [2.05, 4.69) is 10.4 Å². The van der Waals surface area contributed by atoms with E-state index < -0.39 is 17.5 Å². The van der Waals surface area contributed by atoms with E-state index in [1.54, 1.807) is 11.7 Å². The van der Waals surface area contributed by atoms with Crippen molar-refractivity contribution in [2.45, 2.75) is 24.9 Å². The Bertz CT molecular complexity index is 1420. The van der Waals surface area contributed by atoms with Gasteiger partial charge < -0.3 is 14.6 Å². The third kappa shape index (κ3) is 4.78. The van der Waals surface area contributed by atoms with Crippen LogP contribution < -0.4 is 10.1 Å². The molecule has 0 radical (unpaired) electrons. The number of aromatic nitrogens is 2. The molecular weight excluding hydrogens is 470 g/mol. The molecule has 37 heavy (non-hydrogen) atoms. The van der Waals surface area contributed by atoms with Crippen molar-refractivity contribution in [2.24, 2.45) is 7.05 Å². The van der Waals surface area contributed by atoms with Crippen molar-refractivity contribution in [3.63, 3.8) is 0 Å². The molecule has 5 rings (SSSR count). The monoisotopic (exact) mass is 497 g/mol. The Morgan fingerprint density at radius 2 is 1.54 bits per heavy atom. The molecule has 1 fully saturated rings. The minimum Gasteiger partial charge on any atom is -0.481 e. The fourth-order valence-electron chi connectivity index (χ4n) is 4.46. The Hall–Kier alpha value is -4.59. The number of methoxy groups -OCH3 is 1. The van der Waals surface area contributed by atoms with Gasteiger partial charge in [-0.1, -0.05) is 78.9 Å². The molecule has 1 amide bonds. The van der Waals surface area contributed by atoms with Crippen LogP contribution in [0.15, 0.2) is 78.9 Å². The molecule has 0 spiro atoms. The number of benzene rings is 3. The summed E-state index contributed by atoms with van der Waals surface area (Å²) in [6.07, 6.45) is 0.765. The number of carbonyl (C=O) groups excluding carboxylic acids is 1. The van der Waals surface area contributed by atoms with E-state index in [0.29, 0.717) is 30.1 Å². The Morgan fingerprint density at radius 1 is 0.946 bits per heavy atom. The van der Waals surface area contributed by atoms with Crippen LogP contribution in [-0.2, 0) is 28.6 Å². The molecular formula is C29H27N3O5. The number of aliphatic carboxylic acids is 1. The number of hydrogen-bond donors (Lipinski definition) is 2. The number of nitrogens with zero attached hydrogens (tertiary/aromatic N) is 2. The maximum atomic E-state index is 12.6. The standard InChI is InChI=1S/C29H27N3O5/c1-32-25(30-28(35)37-18-19-6-4-3-5-7-19)24(26(31-32)36-2)22-10-8-20(9-11-22)21-12-14-23(15-13-21)29(16-17-29)27(33)34/h3-15H,16-18H2,1-2H3,(H,30,35)(H,33,34). The van der Waals surface area contributed by atoms with E-state index in [1.807, 2.05) is 78.9 Å². The van der Waals surface area contributed by atoms with Gasteiger partial charge in [0, 0.05) is 7.05 Å². The van der Waals surface area contributed by atoms with E-state index in [-0.39, 0.29) is 6.61 Å². The molecule has 8 nitrogen and oxygen atoms in total. The number of carboxylic acids is 1. The molecule has 1 aliphatic carbocycles. The lowest BCUT2D eigenvalue weighted by atomic mass is 9.93. The number of ether oxygens (including phenoxy) is 2. The number of carbonyl (C=O) groups is 2. The van der Waals surface area contributed by atoms with E-state index in [4.69, 9.17) is 9.47 Å². The lowest BCUT2D eigenvalue weighted by molar-refractivity contribution is -0.140. The average Bonchev–Trinajstić information content (AvgIpc) is 3.68. The number of amides is 1. The van der Waals surface area contributed by atoms with Crippen LogP contribution in [0, 0.1) is 0 Å². The zero-order valence-electron chi connectivity index (χ0n) is 20.6. The molecule has 0 aliphatic heterocycles. The highest BCUT2D eigenvalue weighted by Crippen LogP contribution is 2.48. The number of anilines is 1. The highest BCUT2D eigenvalue weighted by Gasteiger charge is 2.51. The van der Waals surface area contributed by atoms with Crippen molar-refractivity contribution in [3.8, 4) is 28.1 Å². The van der Waals surface area contributed by atoms with Gasteiger partial charge in [0.15, 0.2) is 0 Å². The molecule has 3 aromatic carbocycles. The van der Waals surface area contributed by atoms with Crippen molar-refractivity contribution >= 4 is 17.9 Å². The fraction of sp³-hybridized carbons (Fsp3) is 0.207. The zero-order chi connectivity index (χ0) is 26.0. The Kier molecular flexibility index (Phi) is 6.40. The number of rotatable bonds is 8. The van der Waals surface area contributed by atoms with Crippen LogP contribution in [0.5, 0.6) is 5.88 Å². The summed E-state index contributed by atoms with van der Waals surface area (Å²) in [7, 11) is 3.25. The molecule has 0 bridgehead atoms. The van der Waals surface area contributed by atoms with Gasteiger partial charge in [-0.25, -0.2) is 9.48 Å². The number of aryl methyl sites for hydroxylation is 1. The molecule has 1 aromatic heterocycles. The molecule has 0 atom stereocenters. The molecule has 1 heterocycles. The second-order valence-electron chi connectivity index (χ2n) is 9.09. The van der Waals surface area contributed by atoms with Gasteiger partial charge in [0.05, 0.1) is 18.1 Å². The van der Waals surface area contributed by atoms with Crippen LogP contribution in [0.3, 0.4) is 0 Å². The molecule has 0 saturated heterocycles. The second-order valence-corrected chi connectivity index (χ2v) is 9.09. The summed E-state index contributed by atoms with van der Waals surface area (Å²) in [5, 5.41) is 16.7. The van der Waals surface area contributed by atoms with Crippen molar-refractivity contribution in [3.05, 3.63) is 90.0 Å². The van der Waals surface area contributed by atoms with Crippen molar-refractivity contribution < 1.29 is 24.2 Å². The summed E-state index contributed by atoms with van der Waals surface area (Å²) < 4.78 is 12.4. The largest absolute Gasteiger partial charge is 0.481 e. The van der Waals surface area contributed by atoms with Gasteiger partial charge in [0.1, 0.15) is 12.4 Å². The summed E-state index contributed by atoms with van der Waals surface area (Å²) in [6, 6.07) is 25.0. The molecule has 1 saturated carbocycles. The summed E-state index contributed by atoms with van der Waals surface area (Å²) in [4.78, 5) is 24.2. The lowest BCUT2D eigenvalue weighted by Gasteiger charge is -2.12. The van der Waals surface area contributed by atoms with Crippen molar-refractivity contribution in [1.82, 2.24) is 9.78 Å². The van der Waals surface area contributed by atoms with Gasteiger partial charge in [-0.3, -0.25) is 10.1 Å². The number of hydrogen-bond acceptors (Lipinski definition) is 5. The maximum absolute atomic E-state index is 12.6. The van der Waals surface area contributed by atoms with Crippen LogP contribution >= 0.6 is 0 Å². The first-order chi connectivity index (χ1) is 17.9. The summed E-state index contributed by atoms with van der Waals surface area (Å²) in [6.45, 7) is 0.151. The van der Waals surface area contributed by atoms with Gasteiger partial charge in [-0.2, -0.15) is 0 Å². The van der Waals surface area contributed by atoms with E-state index in [1.165, 1.54) is 7.11 Å². The highest BCUT2D eigenvalue weighted by atomic mass is 16.5. The minimum atomic E-state index is -0.761. The molecule has 0 unspecified atom stereocenters. The van der Waals surface area contributed by atoms with Gasteiger partial charge in [0.2, 0.25) is 5.88 Å². The average molecular weight is 498 g/mol. The SMILES string of the molecule is COc1nn(C)c(NC(=O)OCc2ccccc2)c1-c1ccc(-c2ccc(C3(C(=O)O)CC3)cc2)cc1. The lowest BCUT2D eigenvalue weighted by Crippen LogP contribution is -2.19. The van der Waals surface area contributed by atoms with Crippen LogP contribution in [0.1, 0.15) is 24.0 Å². The second kappa shape index (κ2) is 9.81. The predicted octanol–water partition coefficient (Wildman–Crippen LogP) is 5.63. The van der Waals surface area contributed by atoms with Gasteiger partial charge in [-0.05, 0) is 40.7 Å². The molecule has 2 N–H and O–H groups in total. The minimum absolute atomic E-state index is 0.151. The van der Waals surface area contributed by atoms with Crippen molar-refractivity contribution in [2.75, 3.05) is 12.4 Å². The quantitative estimate of drug-likeness (QED) is 0.327. The zero-order valence-corrected chi connectivity index (χ0v) is 20.6. The van der Waals surface area contributed by atoms with Gasteiger partial charge >= 0.3 is 12.1 Å². The van der Waals surface area contributed by atoms with E-state index in [9.17, 15) is 14.7 Å². The summed E-state index contributed by atoms with van der Waals surface area (Å²) in [5.41, 5.74) is 4.43. The Labute approximate surface area is 214 Å². The molecule has 4 aromatic rings. The first-order valence-corrected chi connectivity index (χ1v) is 11.9. The molecule has 8 heteroatoms. The van der Waals surface area contributed by atoms with Gasteiger partial charge in [0.25, 0.3) is 0 Å². The number of carboxylic acid groups (broad SMARTS) is 1. The smallest absolute Gasteiger partial charge is 0.413 e. The maximum Gasteiger partial charge on any atom is 0.413 e. The fourth-order valence-corrected chi connectivity index (χ4v) is 4.46. The van der Waals surface area contributed by atoms with Crippen molar-refractivity contribution in [1.29, 1.82) is 0 Å². The van der Waals surface area contributed by atoms with E-state index >= 15 is 0 Å². The molecule has 1 aliphatic rings. The first kappa shape index (κ1) is 24.1. The van der Waals surface area contributed by atoms with Crippen LogP contribution in [-0.4, -0.2) is 34.1 Å². The first-order valence-electron chi connectivity index (χ1n) is 11.9. The van der Waals surface area contributed by atoms with Crippen LogP contribution in [0.4, 0.5) is 10.6 Å². The predicted molar refractivity (Wildman–Crippen MR) is 139 cm³/mol.